The Hall–Kier alpha value is -2.30. The number of para-hydroxylation sites is 1. The van der Waals surface area contributed by atoms with Crippen LogP contribution in [0.2, 0.25) is 0 Å². The molecule has 0 saturated heterocycles. The van der Waals surface area contributed by atoms with Crippen LogP contribution in [0.1, 0.15) is 31.1 Å². The Bertz CT molecular complexity index is 759. The summed E-state index contributed by atoms with van der Waals surface area (Å²) in [7, 11) is 1.56. The summed E-state index contributed by atoms with van der Waals surface area (Å²) in [5.74, 6) is -0.393. The average Bonchev–Trinajstić information content (AvgIpc) is 2.42. The van der Waals surface area contributed by atoms with Crippen molar-refractivity contribution in [1.82, 2.24) is 4.57 Å². The first kappa shape index (κ1) is 15.1. The Kier molecular flexibility index (Phi) is 4.02. The Balaban J connectivity index is 2.99. The van der Waals surface area contributed by atoms with Gasteiger partial charge in [0.25, 0.3) is 0 Å². The zero-order valence-electron chi connectivity index (χ0n) is 12.6. The highest BCUT2D eigenvalue weighted by Crippen LogP contribution is 2.28. The molecule has 0 bridgehead atoms. The monoisotopic (exact) mass is 289 g/mol. The van der Waals surface area contributed by atoms with Gasteiger partial charge < -0.3 is 14.4 Å². The molecule has 0 aliphatic heterocycles. The molecule has 0 spiro atoms. The largest absolute Gasteiger partial charge is 0.495 e. The number of rotatable bonds is 4. The molecule has 21 heavy (non-hydrogen) atoms. The number of benzene rings is 1. The molecule has 0 unspecified atom stereocenters. The predicted octanol–water partition coefficient (Wildman–Crippen LogP) is 2.53. The van der Waals surface area contributed by atoms with E-state index in [4.69, 9.17) is 9.84 Å². The smallest absolute Gasteiger partial charge is 0.308 e. The van der Waals surface area contributed by atoms with Crippen LogP contribution in [0.25, 0.3) is 10.9 Å². The van der Waals surface area contributed by atoms with Gasteiger partial charge in [0, 0.05) is 22.7 Å². The van der Waals surface area contributed by atoms with Crippen LogP contribution in [0.3, 0.4) is 0 Å². The van der Waals surface area contributed by atoms with Crippen molar-refractivity contribution in [1.29, 1.82) is 0 Å². The van der Waals surface area contributed by atoms with E-state index in [0.29, 0.717) is 27.9 Å². The molecule has 0 aliphatic rings. The first-order valence-corrected chi connectivity index (χ1v) is 6.81. The van der Waals surface area contributed by atoms with Crippen LogP contribution < -0.4 is 10.2 Å². The van der Waals surface area contributed by atoms with Gasteiger partial charge in [0.1, 0.15) is 5.75 Å². The van der Waals surface area contributed by atoms with E-state index in [9.17, 15) is 9.59 Å². The molecule has 1 N–H and O–H groups in total. The van der Waals surface area contributed by atoms with E-state index in [-0.39, 0.29) is 17.9 Å². The van der Waals surface area contributed by atoms with Crippen LogP contribution >= 0.6 is 0 Å². The van der Waals surface area contributed by atoms with Crippen LogP contribution in [0.15, 0.2) is 23.0 Å². The van der Waals surface area contributed by atoms with Crippen molar-refractivity contribution >= 4 is 16.9 Å². The van der Waals surface area contributed by atoms with Gasteiger partial charge >= 0.3 is 5.97 Å². The summed E-state index contributed by atoms with van der Waals surface area (Å²) in [4.78, 5) is 23.6. The highest BCUT2D eigenvalue weighted by atomic mass is 16.5. The Morgan fingerprint density at radius 3 is 2.57 bits per heavy atom. The topological polar surface area (TPSA) is 68.5 Å². The zero-order chi connectivity index (χ0) is 15.7. The second kappa shape index (κ2) is 5.60. The Labute approximate surface area is 122 Å². The van der Waals surface area contributed by atoms with E-state index in [1.54, 1.807) is 32.2 Å². The molecule has 0 saturated carbocycles. The molecule has 112 valence electrons. The lowest BCUT2D eigenvalue weighted by Crippen LogP contribution is -2.22. The summed E-state index contributed by atoms with van der Waals surface area (Å²) in [6.45, 7) is 5.77. The molecule has 2 rings (SSSR count). The molecular weight excluding hydrogens is 270 g/mol. The highest BCUT2D eigenvalue weighted by Gasteiger charge is 2.19. The van der Waals surface area contributed by atoms with E-state index < -0.39 is 5.97 Å². The molecule has 5 nitrogen and oxygen atoms in total. The fourth-order valence-corrected chi connectivity index (χ4v) is 2.76. The van der Waals surface area contributed by atoms with E-state index >= 15 is 0 Å². The number of pyridine rings is 1. The molecule has 0 aliphatic carbocycles. The number of fused-ring (bicyclic) bond motifs is 1. The molecular formula is C16H19NO4. The van der Waals surface area contributed by atoms with Gasteiger partial charge in [-0.3, -0.25) is 9.59 Å². The number of aliphatic carboxylic acids is 1. The lowest BCUT2D eigenvalue weighted by molar-refractivity contribution is -0.136. The summed E-state index contributed by atoms with van der Waals surface area (Å²) in [6.07, 6.45) is -0.273. The second-order valence-electron chi connectivity index (χ2n) is 5.28. The number of methoxy groups -OCH3 is 1. The quantitative estimate of drug-likeness (QED) is 0.939. The molecule has 1 aromatic heterocycles. The number of aromatic nitrogens is 1. The minimum Gasteiger partial charge on any atom is -0.495 e. The Morgan fingerprint density at radius 2 is 2.05 bits per heavy atom. The van der Waals surface area contributed by atoms with Gasteiger partial charge in [-0.25, -0.2) is 0 Å². The molecule has 5 heteroatoms. The van der Waals surface area contributed by atoms with Crippen molar-refractivity contribution in [2.75, 3.05) is 7.11 Å². The summed E-state index contributed by atoms with van der Waals surface area (Å²) in [6, 6.07) is 5.34. The SMILES string of the molecule is COc1cccc2c(=O)c(CC(=O)O)c(C)n(C(C)C)c12. The van der Waals surface area contributed by atoms with Gasteiger partial charge in [-0.15, -0.1) is 0 Å². The number of hydrogen-bond donors (Lipinski definition) is 1. The molecule has 0 amide bonds. The summed E-state index contributed by atoms with van der Waals surface area (Å²) in [5, 5.41) is 9.54. The highest BCUT2D eigenvalue weighted by molar-refractivity contribution is 5.87. The van der Waals surface area contributed by atoms with Crippen molar-refractivity contribution in [3.8, 4) is 5.75 Å². The van der Waals surface area contributed by atoms with Gasteiger partial charge in [0.15, 0.2) is 5.43 Å². The minimum atomic E-state index is -1.01. The maximum Gasteiger partial charge on any atom is 0.308 e. The Morgan fingerprint density at radius 1 is 1.38 bits per heavy atom. The van der Waals surface area contributed by atoms with Crippen LogP contribution in [0.5, 0.6) is 5.75 Å². The summed E-state index contributed by atoms with van der Waals surface area (Å²) >= 11 is 0. The summed E-state index contributed by atoms with van der Waals surface area (Å²) < 4.78 is 7.34. The maximum atomic E-state index is 12.6. The molecule has 0 atom stereocenters. The number of ether oxygens (including phenoxy) is 1. The average molecular weight is 289 g/mol. The molecule has 1 heterocycles. The van der Waals surface area contributed by atoms with Crippen molar-refractivity contribution < 1.29 is 14.6 Å². The fraction of sp³-hybridized carbons (Fsp3) is 0.375. The number of carboxylic acids is 1. The van der Waals surface area contributed by atoms with Crippen LogP contribution in [0, 0.1) is 6.92 Å². The second-order valence-corrected chi connectivity index (χ2v) is 5.28. The van der Waals surface area contributed by atoms with Crippen molar-refractivity contribution in [3.63, 3.8) is 0 Å². The first-order chi connectivity index (χ1) is 9.88. The first-order valence-electron chi connectivity index (χ1n) is 6.81. The molecule has 0 fully saturated rings. The lowest BCUT2D eigenvalue weighted by atomic mass is 10.0. The number of hydrogen-bond acceptors (Lipinski definition) is 3. The number of carbonyl (C=O) groups is 1. The standard InChI is InChI=1S/C16H19NO4/c1-9(2)17-10(3)12(8-14(18)19)16(20)11-6-5-7-13(21-4)15(11)17/h5-7,9H,8H2,1-4H3,(H,18,19). The minimum absolute atomic E-state index is 0.0805. The van der Waals surface area contributed by atoms with Crippen LogP contribution in [-0.4, -0.2) is 22.8 Å². The summed E-state index contributed by atoms with van der Waals surface area (Å²) in [5.41, 5.74) is 1.48. The zero-order valence-corrected chi connectivity index (χ0v) is 12.6. The normalized spacial score (nSPS) is 11.1. The van der Waals surface area contributed by atoms with Crippen LogP contribution in [0.4, 0.5) is 0 Å². The van der Waals surface area contributed by atoms with E-state index in [1.165, 1.54) is 0 Å². The van der Waals surface area contributed by atoms with Gasteiger partial charge in [-0.05, 0) is 32.9 Å². The number of carboxylic acid groups (broad SMARTS) is 1. The third-order valence-corrected chi connectivity index (χ3v) is 3.62. The van der Waals surface area contributed by atoms with Gasteiger partial charge in [0.05, 0.1) is 19.0 Å². The predicted molar refractivity (Wildman–Crippen MR) is 81.2 cm³/mol. The van der Waals surface area contributed by atoms with Crippen molar-refractivity contribution in [2.45, 2.75) is 33.2 Å². The maximum absolute atomic E-state index is 12.6. The molecule has 1 aromatic carbocycles. The van der Waals surface area contributed by atoms with Crippen molar-refractivity contribution in [2.24, 2.45) is 0 Å². The van der Waals surface area contributed by atoms with E-state index in [1.807, 2.05) is 18.4 Å². The third-order valence-electron chi connectivity index (χ3n) is 3.62. The van der Waals surface area contributed by atoms with Gasteiger partial charge in [0.2, 0.25) is 0 Å². The van der Waals surface area contributed by atoms with Gasteiger partial charge in [-0.1, -0.05) is 6.07 Å². The molecule has 2 aromatic rings. The van der Waals surface area contributed by atoms with Crippen LogP contribution in [-0.2, 0) is 11.2 Å². The number of nitrogens with zero attached hydrogens (tertiary/aromatic N) is 1. The van der Waals surface area contributed by atoms with Crippen molar-refractivity contribution in [3.05, 3.63) is 39.7 Å². The van der Waals surface area contributed by atoms with E-state index in [2.05, 4.69) is 0 Å². The molecule has 0 radical (unpaired) electrons. The fourth-order valence-electron chi connectivity index (χ4n) is 2.76. The van der Waals surface area contributed by atoms with E-state index in [0.717, 1.165) is 0 Å². The third kappa shape index (κ3) is 2.51. The lowest BCUT2D eigenvalue weighted by Gasteiger charge is -2.22. The van der Waals surface area contributed by atoms with Gasteiger partial charge in [-0.2, -0.15) is 0 Å².